The number of sulfonamides is 1. The molecule has 0 radical (unpaired) electrons. The Labute approximate surface area is 131 Å². The molecule has 0 atom stereocenters. The molecule has 0 aliphatic heterocycles. The van der Waals surface area contributed by atoms with E-state index < -0.39 is 32.9 Å². The van der Waals surface area contributed by atoms with Crippen molar-refractivity contribution in [2.75, 3.05) is 13.7 Å². The minimum atomic E-state index is -4.01. The number of nitrogens with one attached hydrogen (secondary N) is 1. The van der Waals surface area contributed by atoms with Crippen molar-refractivity contribution in [2.24, 2.45) is 0 Å². The number of methoxy groups -OCH3 is 1. The van der Waals surface area contributed by atoms with E-state index in [-0.39, 0.29) is 12.1 Å². The minimum absolute atomic E-state index is 0.0742. The monoisotopic (exact) mass is 381 g/mol. The topological polar surface area (TPSA) is 75.6 Å². The summed E-state index contributed by atoms with van der Waals surface area (Å²) in [7, 11) is -2.47. The van der Waals surface area contributed by atoms with E-state index in [4.69, 9.17) is 9.84 Å². The van der Waals surface area contributed by atoms with Gasteiger partial charge in [0.1, 0.15) is 10.7 Å². The van der Waals surface area contributed by atoms with Gasteiger partial charge >= 0.3 is 0 Å². The van der Waals surface area contributed by atoms with Gasteiger partial charge in [-0.15, -0.1) is 0 Å². The molecule has 0 bridgehead atoms. The fourth-order valence-electron chi connectivity index (χ4n) is 2.26. The minimum Gasteiger partial charge on any atom is -0.392 e. The van der Waals surface area contributed by atoms with Gasteiger partial charge in [-0.05, 0) is 31.4 Å². The first kappa shape index (κ1) is 16.8. The van der Waals surface area contributed by atoms with Crippen LogP contribution in [0.4, 0.5) is 4.39 Å². The number of ether oxygens (including phenoxy) is 1. The summed E-state index contributed by atoms with van der Waals surface area (Å²) in [5, 5.41) is 9.08. The third-order valence-electron chi connectivity index (χ3n) is 3.82. The Balaban J connectivity index is 2.25. The lowest BCUT2D eigenvalue weighted by molar-refractivity contribution is -0.0659. The van der Waals surface area contributed by atoms with Crippen LogP contribution in [0.5, 0.6) is 0 Å². The lowest BCUT2D eigenvalue weighted by Gasteiger charge is -2.40. The lowest BCUT2D eigenvalue weighted by Crippen LogP contribution is -2.49. The van der Waals surface area contributed by atoms with Crippen LogP contribution in [0.15, 0.2) is 21.5 Å². The summed E-state index contributed by atoms with van der Waals surface area (Å²) in [6.45, 7) is -0.470. The predicted octanol–water partition coefficient (Wildman–Crippen LogP) is 1.93. The fraction of sp³-hybridized carbons (Fsp3) is 0.538. The normalized spacial score (nSPS) is 17.5. The number of benzene rings is 1. The van der Waals surface area contributed by atoms with E-state index in [0.29, 0.717) is 4.47 Å². The highest BCUT2D eigenvalue weighted by molar-refractivity contribution is 9.10. The second-order valence-corrected chi connectivity index (χ2v) is 7.75. The van der Waals surface area contributed by atoms with Crippen molar-refractivity contribution in [3.63, 3.8) is 0 Å². The standard InChI is InChI=1S/C13H17BrFNO4S/c1-20-13(3-2-4-13)8-16-21(18,19)11-6-10(14)5-9(7-17)12(11)15/h5-6,16-17H,2-4,7-8H2,1H3. The van der Waals surface area contributed by atoms with E-state index in [2.05, 4.69) is 20.7 Å². The Hall–Kier alpha value is -0.540. The highest BCUT2D eigenvalue weighted by atomic mass is 79.9. The maximum Gasteiger partial charge on any atom is 0.243 e. The molecule has 0 saturated heterocycles. The smallest absolute Gasteiger partial charge is 0.243 e. The van der Waals surface area contributed by atoms with Crippen molar-refractivity contribution in [3.05, 3.63) is 28.0 Å². The van der Waals surface area contributed by atoms with Crippen LogP contribution in [-0.4, -0.2) is 32.8 Å². The van der Waals surface area contributed by atoms with Crippen molar-refractivity contribution in [1.29, 1.82) is 0 Å². The number of hydrogen-bond acceptors (Lipinski definition) is 4. The van der Waals surface area contributed by atoms with Gasteiger partial charge in [-0.1, -0.05) is 15.9 Å². The molecule has 1 aliphatic carbocycles. The molecule has 0 amide bonds. The molecule has 1 aliphatic rings. The van der Waals surface area contributed by atoms with Gasteiger partial charge in [0.2, 0.25) is 10.0 Å². The average Bonchev–Trinajstić information content (AvgIpc) is 2.40. The third-order valence-corrected chi connectivity index (χ3v) is 5.68. The van der Waals surface area contributed by atoms with Crippen LogP contribution in [0, 0.1) is 5.82 Å². The van der Waals surface area contributed by atoms with Crippen molar-refractivity contribution in [2.45, 2.75) is 36.4 Å². The van der Waals surface area contributed by atoms with Crippen LogP contribution in [-0.2, 0) is 21.4 Å². The summed E-state index contributed by atoms with van der Waals surface area (Å²) in [6, 6.07) is 2.52. The summed E-state index contributed by atoms with van der Waals surface area (Å²) in [6.07, 6.45) is 2.53. The van der Waals surface area contributed by atoms with E-state index in [0.717, 1.165) is 19.3 Å². The van der Waals surface area contributed by atoms with E-state index in [1.165, 1.54) is 19.2 Å². The first-order valence-electron chi connectivity index (χ1n) is 6.47. The van der Waals surface area contributed by atoms with E-state index in [1.54, 1.807) is 0 Å². The molecule has 1 aromatic rings. The van der Waals surface area contributed by atoms with Gasteiger partial charge < -0.3 is 9.84 Å². The van der Waals surface area contributed by atoms with Gasteiger partial charge in [0, 0.05) is 23.7 Å². The van der Waals surface area contributed by atoms with Gasteiger partial charge in [-0.3, -0.25) is 0 Å². The van der Waals surface area contributed by atoms with E-state index in [1.807, 2.05) is 0 Å². The zero-order valence-electron chi connectivity index (χ0n) is 11.5. The number of aliphatic hydroxyl groups excluding tert-OH is 1. The fourth-order valence-corrected chi connectivity index (χ4v) is 4.17. The Kier molecular flexibility index (Phi) is 5.04. The highest BCUT2D eigenvalue weighted by Gasteiger charge is 2.38. The van der Waals surface area contributed by atoms with Crippen LogP contribution in [0.25, 0.3) is 0 Å². The highest BCUT2D eigenvalue weighted by Crippen LogP contribution is 2.34. The molecule has 8 heteroatoms. The summed E-state index contributed by atoms with van der Waals surface area (Å²) in [5.41, 5.74) is -0.565. The molecule has 1 aromatic carbocycles. The zero-order chi connectivity index (χ0) is 15.7. The molecule has 118 valence electrons. The summed E-state index contributed by atoms with van der Waals surface area (Å²) >= 11 is 3.11. The molecule has 2 N–H and O–H groups in total. The zero-order valence-corrected chi connectivity index (χ0v) is 13.9. The molecular weight excluding hydrogens is 365 g/mol. The SMILES string of the molecule is COC1(CNS(=O)(=O)c2cc(Br)cc(CO)c2F)CCC1. The van der Waals surface area contributed by atoms with Crippen LogP contribution < -0.4 is 4.72 Å². The van der Waals surface area contributed by atoms with Crippen LogP contribution in [0.3, 0.4) is 0 Å². The van der Waals surface area contributed by atoms with Gasteiger partial charge in [0.05, 0.1) is 12.2 Å². The maximum atomic E-state index is 14.1. The average molecular weight is 382 g/mol. The van der Waals surface area contributed by atoms with E-state index in [9.17, 15) is 12.8 Å². The van der Waals surface area contributed by atoms with Gasteiger partial charge in [-0.2, -0.15) is 0 Å². The molecule has 0 heterocycles. The second-order valence-electron chi connectivity index (χ2n) is 5.10. The number of halogens is 2. The summed E-state index contributed by atoms with van der Waals surface area (Å²) < 4.78 is 46.8. The molecule has 1 saturated carbocycles. The van der Waals surface area contributed by atoms with Crippen LogP contribution in [0.1, 0.15) is 24.8 Å². The Morgan fingerprint density at radius 2 is 2.14 bits per heavy atom. The van der Waals surface area contributed by atoms with Crippen LogP contribution in [0.2, 0.25) is 0 Å². The number of hydrogen-bond donors (Lipinski definition) is 2. The van der Waals surface area contributed by atoms with Crippen molar-refractivity contribution in [3.8, 4) is 0 Å². The molecule has 0 aromatic heterocycles. The van der Waals surface area contributed by atoms with Gasteiger partial charge in [0.25, 0.3) is 0 Å². The molecule has 1 fully saturated rings. The maximum absolute atomic E-state index is 14.1. The Morgan fingerprint density at radius 1 is 1.48 bits per heavy atom. The second kappa shape index (κ2) is 6.29. The first-order valence-corrected chi connectivity index (χ1v) is 8.75. The molecule has 0 spiro atoms. The number of rotatable bonds is 6. The quantitative estimate of drug-likeness (QED) is 0.789. The molecular formula is C13H17BrFNO4S. The van der Waals surface area contributed by atoms with Crippen LogP contribution >= 0.6 is 15.9 Å². The largest absolute Gasteiger partial charge is 0.392 e. The molecule has 21 heavy (non-hydrogen) atoms. The first-order chi connectivity index (χ1) is 9.83. The molecule has 5 nitrogen and oxygen atoms in total. The third kappa shape index (κ3) is 3.45. The van der Waals surface area contributed by atoms with Crippen molar-refractivity contribution >= 4 is 26.0 Å². The summed E-state index contributed by atoms with van der Waals surface area (Å²) in [4.78, 5) is -0.480. The predicted molar refractivity (Wildman–Crippen MR) is 78.8 cm³/mol. The molecule has 2 rings (SSSR count). The molecule has 0 unspecified atom stereocenters. The Bertz CT molecular complexity index is 626. The summed E-state index contributed by atoms with van der Waals surface area (Å²) in [5.74, 6) is -0.937. The van der Waals surface area contributed by atoms with E-state index >= 15 is 0 Å². The van der Waals surface area contributed by atoms with Gasteiger partial charge in [0.15, 0.2) is 0 Å². The lowest BCUT2D eigenvalue weighted by atomic mass is 9.80. The van der Waals surface area contributed by atoms with Gasteiger partial charge in [-0.25, -0.2) is 17.5 Å². The van der Waals surface area contributed by atoms with Crippen molar-refractivity contribution in [1.82, 2.24) is 4.72 Å². The number of aliphatic hydroxyl groups is 1. The van der Waals surface area contributed by atoms with Crippen molar-refractivity contribution < 1.29 is 22.7 Å². The Morgan fingerprint density at radius 3 is 2.62 bits per heavy atom.